The number of nitrogens with one attached hydrogen (secondary N) is 2. The zero-order chi connectivity index (χ0) is 24.6. The molecule has 5 heterocycles. The van der Waals surface area contributed by atoms with E-state index in [4.69, 9.17) is 9.72 Å². The first-order valence-corrected chi connectivity index (χ1v) is 13.0. The van der Waals surface area contributed by atoms with Crippen LogP contribution in [0.1, 0.15) is 57.8 Å². The van der Waals surface area contributed by atoms with Crippen molar-refractivity contribution in [2.24, 2.45) is 0 Å². The van der Waals surface area contributed by atoms with E-state index in [-0.39, 0.29) is 30.8 Å². The highest BCUT2D eigenvalue weighted by molar-refractivity contribution is 7.15. The maximum Gasteiger partial charge on any atom is 0.410 e. The van der Waals surface area contributed by atoms with Crippen LogP contribution in [0.15, 0.2) is 30.6 Å². The topological polar surface area (TPSA) is 112 Å². The molecule has 0 radical (unpaired) electrons. The molecule has 186 valence electrons. The minimum absolute atomic E-state index is 0.0385. The van der Waals surface area contributed by atoms with Gasteiger partial charge >= 0.3 is 6.09 Å². The monoisotopic (exact) mass is 496 g/mol. The molecular formula is C25H32N6O3S. The van der Waals surface area contributed by atoms with E-state index in [1.807, 2.05) is 43.9 Å². The standard InChI is InChI=1S/C25H32N6O3S/c1-25(2,3)34-24(33)31-16-6-4-7-17(31)11-15(10-16)28-22-19-8-5-9-26-20(19)12-21(29-22)30-23-27-13-18(14-32)35-23/h5,8-9,12-13,15-17,32H,4,6-7,10-11,14H2,1-3H3,(H2,27,28,29,30)/t15-,16-,17+. The fraction of sp³-hybridized carbons (Fsp3) is 0.520. The van der Waals surface area contributed by atoms with Gasteiger partial charge in [-0.15, -0.1) is 0 Å². The van der Waals surface area contributed by atoms with Crippen LogP contribution < -0.4 is 10.6 Å². The minimum Gasteiger partial charge on any atom is -0.444 e. The molecule has 2 aliphatic rings. The van der Waals surface area contributed by atoms with Gasteiger partial charge in [-0.1, -0.05) is 11.3 Å². The lowest BCUT2D eigenvalue weighted by molar-refractivity contribution is -0.0199. The van der Waals surface area contributed by atoms with Crippen molar-refractivity contribution in [2.75, 3.05) is 10.6 Å². The number of carbonyl (C=O) groups excluding carboxylic acids is 1. The highest BCUT2D eigenvalue weighted by Gasteiger charge is 2.42. The molecule has 1 amide bonds. The normalized spacial score (nSPS) is 22.2. The Balaban J connectivity index is 1.37. The van der Waals surface area contributed by atoms with E-state index >= 15 is 0 Å². The van der Waals surface area contributed by atoms with Gasteiger partial charge < -0.3 is 25.4 Å². The number of piperidine rings is 2. The van der Waals surface area contributed by atoms with Crippen molar-refractivity contribution in [2.45, 2.75) is 83.2 Å². The van der Waals surface area contributed by atoms with Crippen LogP contribution in [0.25, 0.3) is 10.9 Å². The maximum atomic E-state index is 12.9. The Labute approximate surface area is 208 Å². The first-order chi connectivity index (χ1) is 16.8. The second-order valence-corrected chi connectivity index (χ2v) is 11.4. The molecule has 2 saturated heterocycles. The SMILES string of the molecule is CC(C)(C)OC(=O)N1[C@@H]2CCC[C@H]1C[C@H](Nc1nc(Nc3ncc(CO)s3)cc3ncccc13)C2. The van der Waals surface area contributed by atoms with Crippen molar-refractivity contribution in [1.82, 2.24) is 19.9 Å². The number of nitrogens with zero attached hydrogens (tertiary/aromatic N) is 4. The molecule has 3 aromatic rings. The number of aliphatic hydroxyl groups is 1. The summed E-state index contributed by atoms with van der Waals surface area (Å²) in [6.07, 6.45) is 8.04. The first kappa shape index (κ1) is 23.7. The highest BCUT2D eigenvalue weighted by Crippen LogP contribution is 2.37. The van der Waals surface area contributed by atoms with Crippen molar-refractivity contribution in [3.8, 4) is 0 Å². The lowest BCUT2D eigenvalue weighted by Crippen LogP contribution is -2.58. The molecule has 2 bridgehead atoms. The van der Waals surface area contributed by atoms with Crippen LogP contribution >= 0.6 is 11.3 Å². The largest absolute Gasteiger partial charge is 0.444 e. The van der Waals surface area contributed by atoms with Gasteiger partial charge in [0.1, 0.15) is 17.2 Å². The molecule has 0 saturated carbocycles. The number of thiazole rings is 1. The van der Waals surface area contributed by atoms with Crippen molar-refractivity contribution in [1.29, 1.82) is 0 Å². The highest BCUT2D eigenvalue weighted by atomic mass is 32.1. The Bertz CT molecular complexity index is 1200. The third-order valence-corrected chi connectivity index (χ3v) is 7.36. The summed E-state index contributed by atoms with van der Waals surface area (Å²) in [6.45, 7) is 5.70. The number of aliphatic hydroxyl groups excluding tert-OH is 1. The second-order valence-electron chi connectivity index (χ2n) is 10.3. The smallest absolute Gasteiger partial charge is 0.410 e. The van der Waals surface area contributed by atoms with Crippen LogP contribution in [-0.2, 0) is 11.3 Å². The van der Waals surface area contributed by atoms with Crippen LogP contribution in [-0.4, -0.2) is 54.8 Å². The van der Waals surface area contributed by atoms with Gasteiger partial charge in [0.15, 0.2) is 5.13 Å². The Morgan fingerprint density at radius 3 is 2.71 bits per heavy atom. The van der Waals surface area contributed by atoms with Gasteiger partial charge in [0, 0.05) is 42.0 Å². The number of amides is 1. The first-order valence-electron chi connectivity index (χ1n) is 12.2. The Kier molecular flexibility index (Phi) is 6.50. The molecule has 2 aliphatic heterocycles. The summed E-state index contributed by atoms with van der Waals surface area (Å²) in [5, 5.41) is 17.9. The average Bonchev–Trinajstić information content (AvgIpc) is 3.25. The summed E-state index contributed by atoms with van der Waals surface area (Å²) in [5.74, 6) is 1.41. The number of hydrogen-bond acceptors (Lipinski definition) is 9. The van der Waals surface area contributed by atoms with E-state index in [2.05, 4.69) is 20.6 Å². The number of fused-ring (bicyclic) bond motifs is 3. The summed E-state index contributed by atoms with van der Waals surface area (Å²) in [5.41, 5.74) is 0.330. The summed E-state index contributed by atoms with van der Waals surface area (Å²) >= 11 is 1.39. The molecule has 3 atom stereocenters. The zero-order valence-corrected chi connectivity index (χ0v) is 21.1. The molecule has 2 fully saturated rings. The quantitative estimate of drug-likeness (QED) is 0.450. The van der Waals surface area contributed by atoms with Crippen LogP contribution in [0.2, 0.25) is 0 Å². The van der Waals surface area contributed by atoms with Gasteiger partial charge in [0.25, 0.3) is 0 Å². The van der Waals surface area contributed by atoms with Crippen LogP contribution in [0.5, 0.6) is 0 Å². The third-order valence-electron chi connectivity index (χ3n) is 6.46. The molecule has 3 aromatic heterocycles. The molecule has 9 nitrogen and oxygen atoms in total. The summed E-state index contributed by atoms with van der Waals surface area (Å²) in [7, 11) is 0. The lowest BCUT2D eigenvalue weighted by Gasteiger charge is -2.48. The summed E-state index contributed by atoms with van der Waals surface area (Å²) < 4.78 is 5.72. The predicted octanol–water partition coefficient (Wildman–Crippen LogP) is 5.05. The van der Waals surface area contributed by atoms with E-state index in [0.717, 1.165) is 53.7 Å². The Morgan fingerprint density at radius 2 is 2.03 bits per heavy atom. The zero-order valence-electron chi connectivity index (χ0n) is 20.3. The minimum atomic E-state index is -0.501. The molecule has 0 aliphatic carbocycles. The van der Waals surface area contributed by atoms with Crippen molar-refractivity contribution in [3.05, 3.63) is 35.5 Å². The van der Waals surface area contributed by atoms with Crippen molar-refractivity contribution < 1.29 is 14.6 Å². The van der Waals surface area contributed by atoms with E-state index in [9.17, 15) is 9.90 Å². The van der Waals surface area contributed by atoms with Crippen LogP contribution in [0, 0.1) is 0 Å². The molecule has 35 heavy (non-hydrogen) atoms. The molecule has 0 unspecified atom stereocenters. The van der Waals surface area contributed by atoms with E-state index in [1.54, 1.807) is 12.4 Å². The number of anilines is 3. The maximum absolute atomic E-state index is 12.9. The van der Waals surface area contributed by atoms with Gasteiger partial charge in [-0.25, -0.2) is 14.8 Å². The third kappa shape index (κ3) is 5.33. The number of carbonyl (C=O) groups is 1. The molecule has 0 spiro atoms. The molecule has 10 heteroatoms. The number of ether oxygens (including phenoxy) is 1. The number of rotatable bonds is 5. The number of aromatic nitrogens is 3. The van der Waals surface area contributed by atoms with E-state index < -0.39 is 5.60 Å². The number of pyridine rings is 2. The number of hydrogen-bond donors (Lipinski definition) is 3. The predicted molar refractivity (Wildman–Crippen MR) is 137 cm³/mol. The van der Waals surface area contributed by atoms with Gasteiger partial charge in [-0.3, -0.25) is 4.98 Å². The average molecular weight is 497 g/mol. The van der Waals surface area contributed by atoms with Crippen molar-refractivity contribution in [3.63, 3.8) is 0 Å². The molecule has 5 rings (SSSR count). The Morgan fingerprint density at radius 1 is 1.26 bits per heavy atom. The molecule has 0 aromatic carbocycles. The van der Waals surface area contributed by atoms with E-state index in [0.29, 0.717) is 10.9 Å². The van der Waals surface area contributed by atoms with Crippen LogP contribution in [0.4, 0.5) is 21.6 Å². The van der Waals surface area contributed by atoms with Gasteiger partial charge in [0.05, 0.1) is 17.0 Å². The molecule has 3 N–H and O–H groups in total. The van der Waals surface area contributed by atoms with Crippen molar-refractivity contribution >= 4 is 45.1 Å². The fourth-order valence-electron chi connectivity index (χ4n) is 5.10. The summed E-state index contributed by atoms with van der Waals surface area (Å²) in [4.78, 5) is 29.4. The fourth-order valence-corrected chi connectivity index (χ4v) is 5.78. The summed E-state index contributed by atoms with van der Waals surface area (Å²) in [6, 6.07) is 6.35. The second kappa shape index (κ2) is 9.58. The Hall–Kier alpha value is -2.98. The molecular weight excluding hydrogens is 464 g/mol. The van der Waals surface area contributed by atoms with Gasteiger partial charge in [0.2, 0.25) is 0 Å². The lowest BCUT2D eigenvalue weighted by atomic mass is 9.82. The van der Waals surface area contributed by atoms with Gasteiger partial charge in [-0.05, 0) is 65.0 Å². The van der Waals surface area contributed by atoms with Gasteiger partial charge in [-0.2, -0.15) is 0 Å². The van der Waals surface area contributed by atoms with E-state index in [1.165, 1.54) is 11.3 Å². The van der Waals surface area contributed by atoms with Crippen LogP contribution in [0.3, 0.4) is 0 Å².